The molecular weight excluding hydrogens is 264 g/mol. The Morgan fingerprint density at radius 3 is 2.57 bits per heavy atom. The fourth-order valence-electron chi connectivity index (χ4n) is 1.96. The maximum Gasteiger partial charge on any atom is 0.319 e. The van der Waals surface area contributed by atoms with Gasteiger partial charge < -0.3 is 21.7 Å². The summed E-state index contributed by atoms with van der Waals surface area (Å²) in [6, 6.07) is 14.8. The lowest BCUT2D eigenvalue weighted by Gasteiger charge is -2.11. The van der Waals surface area contributed by atoms with E-state index in [9.17, 15) is 4.79 Å². The number of carbonyl (C=O) groups excluding carboxylic acids is 1. The van der Waals surface area contributed by atoms with Crippen molar-refractivity contribution >= 4 is 23.1 Å². The molecule has 2 aromatic rings. The third kappa shape index (κ3) is 4.72. The molecule has 0 aromatic heterocycles. The van der Waals surface area contributed by atoms with Crippen molar-refractivity contribution in [3.8, 4) is 0 Å². The molecule has 0 heterocycles. The van der Waals surface area contributed by atoms with E-state index < -0.39 is 0 Å². The minimum absolute atomic E-state index is 0.211. The predicted octanol–water partition coefficient (Wildman–Crippen LogP) is 2.81. The Morgan fingerprint density at radius 1 is 1.10 bits per heavy atom. The molecule has 5 N–H and O–H groups in total. The highest BCUT2D eigenvalue weighted by Gasteiger charge is 2.01. The van der Waals surface area contributed by atoms with Crippen molar-refractivity contribution in [3.63, 3.8) is 0 Å². The Morgan fingerprint density at radius 2 is 1.86 bits per heavy atom. The number of para-hydroxylation sites is 1. The number of benzene rings is 2. The molecule has 5 nitrogen and oxygen atoms in total. The van der Waals surface area contributed by atoms with E-state index in [2.05, 4.69) is 16.0 Å². The summed E-state index contributed by atoms with van der Waals surface area (Å²) in [7, 11) is 0. The maximum atomic E-state index is 11.7. The Balaban J connectivity index is 1.71. The first-order valence-corrected chi connectivity index (χ1v) is 6.85. The first-order chi connectivity index (χ1) is 10.1. The van der Waals surface area contributed by atoms with Crippen LogP contribution >= 0.6 is 0 Å². The second-order valence-corrected chi connectivity index (χ2v) is 4.75. The van der Waals surface area contributed by atoms with Crippen molar-refractivity contribution in [3.05, 3.63) is 54.1 Å². The number of amides is 2. The average molecular weight is 284 g/mol. The van der Waals surface area contributed by atoms with Gasteiger partial charge in [-0.15, -0.1) is 0 Å². The fraction of sp³-hybridized carbons (Fsp3) is 0.188. The van der Waals surface area contributed by atoms with Crippen molar-refractivity contribution in [2.75, 3.05) is 29.5 Å². The number of nitrogens with one attached hydrogen (secondary N) is 3. The normalized spacial score (nSPS) is 9.95. The van der Waals surface area contributed by atoms with Crippen LogP contribution in [0.15, 0.2) is 48.5 Å². The first-order valence-electron chi connectivity index (χ1n) is 6.85. The van der Waals surface area contributed by atoms with E-state index in [1.165, 1.54) is 0 Å². The van der Waals surface area contributed by atoms with Gasteiger partial charge in [0.1, 0.15) is 0 Å². The summed E-state index contributed by atoms with van der Waals surface area (Å²) in [6.45, 7) is 3.17. The molecule has 0 aliphatic heterocycles. The number of carbonyl (C=O) groups is 1. The van der Waals surface area contributed by atoms with Crippen molar-refractivity contribution in [1.29, 1.82) is 0 Å². The molecule has 2 aromatic carbocycles. The summed E-state index contributed by atoms with van der Waals surface area (Å²) < 4.78 is 0. The van der Waals surface area contributed by atoms with E-state index in [-0.39, 0.29) is 6.03 Å². The Kier molecular flexibility index (Phi) is 5.04. The van der Waals surface area contributed by atoms with Crippen molar-refractivity contribution in [2.24, 2.45) is 0 Å². The molecule has 0 bridgehead atoms. The van der Waals surface area contributed by atoms with Gasteiger partial charge in [0.15, 0.2) is 0 Å². The van der Waals surface area contributed by atoms with Crippen LogP contribution in [-0.4, -0.2) is 19.1 Å². The van der Waals surface area contributed by atoms with E-state index in [1.807, 2.05) is 55.5 Å². The van der Waals surface area contributed by atoms with Crippen LogP contribution in [0.5, 0.6) is 0 Å². The topological polar surface area (TPSA) is 79.2 Å². The van der Waals surface area contributed by atoms with E-state index in [0.717, 1.165) is 22.6 Å². The zero-order valence-electron chi connectivity index (χ0n) is 12.0. The zero-order valence-corrected chi connectivity index (χ0v) is 12.0. The van der Waals surface area contributed by atoms with Gasteiger partial charge in [-0.25, -0.2) is 4.79 Å². The molecule has 110 valence electrons. The van der Waals surface area contributed by atoms with Crippen LogP contribution in [0.1, 0.15) is 5.56 Å². The monoisotopic (exact) mass is 284 g/mol. The molecule has 0 fully saturated rings. The van der Waals surface area contributed by atoms with Gasteiger partial charge in [0, 0.05) is 30.2 Å². The van der Waals surface area contributed by atoms with Crippen LogP contribution in [0.25, 0.3) is 0 Å². The number of urea groups is 1. The Hall–Kier alpha value is -2.69. The molecule has 0 aliphatic rings. The summed E-state index contributed by atoms with van der Waals surface area (Å²) in [5.41, 5.74) is 9.34. The van der Waals surface area contributed by atoms with E-state index in [1.54, 1.807) is 0 Å². The highest BCUT2D eigenvalue weighted by molar-refractivity contribution is 5.89. The van der Waals surface area contributed by atoms with Gasteiger partial charge in [-0.05, 0) is 42.8 Å². The minimum atomic E-state index is -0.211. The van der Waals surface area contributed by atoms with E-state index in [0.29, 0.717) is 13.1 Å². The molecule has 0 radical (unpaired) electrons. The van der Waals surface area contributed by atoms with Gasteiger partial charge in [-0.2, -0.15) is 0 Å². The fourth-order valence-corrected chi connectivity index (χ4v) is 1.96. The molecular formula is C16H20N4O. The zero-order chi connectivity index (χ0) is 15.1. The lowest BCUT2D eigenvalue weighted by Crippen LogP contribution is -2.32. The standard InChI is InChI=1S/C16H20N4O/c1-12-11-13(17)7-8-15(12)18-9-10-19-16(21)20-14-5-3-2-4-6-14/h2-8,11,18H,9-10,17H2,1H3,(H2,19,20,21). The molecule has 0 unspecified atom stereocenters. The van der Waals surface area contributed by atoms with Crippen LogP contribution < -0.4 is 21.7 Å². The second kappa shape index (κ2) is 7.19. The number of aryl methyl sites for hydroxylation is 1. The van der Waals surface area contributed by atoms with Crippen LogP contribution in [-0.2, 0) is 0 Å². The molecule has 0 aliphatic carbocycles. The molecule has 0 spiro atoms. The molecule has 2 amide bonds. The molecule has 5 heteroatoms. The number of nitrogens with two attached hydrogens (primary N) is 1. The number of hydrogen-bond donors (Lipinski definition) is 4. The summed E-state index contributed by atoms with van der Waals surface area (Å²) in [4.78, 5) is 11.7. The first kappa shape index (κ1) is 14.7. The quantitative estimate of drug-likeness (QED) is 0.503. The van der Waals surface area contributed by atoms with Crippen molar-refractivity contribution < 1.29 is 4.79 Å². The maximum absolute atomic E-state index is 11.7. The van der Waals surface area contributed by atoms with Gasteiger partial charge in [0.25, 0.3) is 0 Å². The SMILES string of the molecule is Cc1cc(N)ccc1NCCNC(=O)Nc1ccccc1. The third-order valence-electron chi connectivity index (χ3n) is 3.01. The lowest BCUT2D eigenvalue weighted by atomic mass is 10.2. The van der Waals surface area contributed by atoms with Crippen LogP contribution in [0, 0.1) is 6.92 Å². The Labute approximate surface area is 124 Å². The van der Waals surface area contributed by atoms with Crippen molar-refractivity contribution in [2.45, 2.75) is 6.92 Å². The van der Waals surface area contributed by atoms with Gasteiger partial charge in [-0.3, -0.25) is 0 Å². The molecule has 0 saturated heterocycles. The highest BCUT2D eigenvalue weighted by atomic mass is 16.2. The van der Waals surface area contributed by atoms with Gasteiger partial charge in [-0.1, -0.05) is 18.2 Å². The summed E-state index contributed by atoms with van der Waals surface area (Å²) in [6.07, 6.45) is 0. The van der Waals surface area contributed by atoms with Crippen LogP contribution in [0.4, 0.5) is 21.9 Å². The lowest BCUT2D eigenvalue weighted by molar-refractivity contribution is 0.252. The van der Waals surface area contributed by atoms with Crippen LogP contribution in [0.2, 0.25) is 0 Å². The highest BCUT2D eigenvalue weighted by Crippen LogP contribution is 2.16. The van der Waals surface area contributed by atoms with Gasteiger partial charge in [0.05, 0.1) is 0 Å². The summed E-state index contributed by atoms with van der Waals surface area (Å²) >= 11 is 0. The average Bonchev–Trinajstić information content (AvgIpc) is 2.46. The largest absolute Gasteiger partial charge is 0.399 e. The minimum Gasteiger partial charge on any atom is -0.399 e. The number of hydrogen-bond acceptors (Lipinski definition) is 3. The molecule has 0 saturated carbocycles. The summed E-state index contributed by atoms with van der Waals surface area (Å²) in [5.74, 6) is 0. The van der Waals surface area contributed by atoms with Gasteiger partial charge >= 0.3 is 6.03 Å². The number of rotatable bonds is 5. The van der Waals surface area contributed by atoms with Gasteiger partial charge in [0.2, 0.25) is 0 Å². The second-order valence-electron chi connectivity index (χ2n) is 4.75. The number of nitrogen functional groups attached to an aromatic ring is 1. The van der Waals surface area contributed by atoms with Crippen molar-refractivity contribution in [1.82, 2.24) is 5.32 Å². The molecule has 21 heavy (non-hydrogen) atoms. The van der Waals surface area contributed by atoms with Crippen LogP contribution in [0.3, 0.4) is 0 Å². The Bertz CT molecular complexity index is 598. The van der Waals surface area contributed by atoms with E-state index >= 15 is 0 Å². The smallest absolute Gasteiger partial charge is 0.319 e. The predicted molar refractivity (Wildman–Crippen MR) is 87.5 cm³/mol. The van der Waals surface area contributed by atoms with E-state index in [4.69, 9.17) is 5.73 Å². The number of anilines is 3. The molecule has 2 rings (SSSR count). The molecule has 0 atom stereocenters. The summed E-state index contributed by atoms with van der Waals surface area (Å²) in [5, 5.41) is 8.82. The third-order valence-corrected chi connectivity index (χ3v) is 3.01.